The predicted molar refractivity (Wildman–Crippen MR) is 77.7 cm³/mol. The summed E-state index contributed by atoms with van der Waals surface area (Å²) in [6, 6.07) is 8.62. The lowest BCUT2D eigenvalue weighted by molar-refractivity contribution is -0.173. The summed E-state index contributed by atoms with van der Waals surface area (Å²) >= 11 is 1.32. The van der Waals surface area contributed by atoms with E-state index in [4.69, 9.17) is 4.74 Å². The number of nitrogens with one attached hydrogen (secondary N) is 1. The van der Waals surface area contributed by atoms with E-state index in [1.807, 2.05) is 30.3 Å². The largest absolute Gasteiger partial charge is 0.394 e. The van der Waals surface area contributed by atoms with Crippen LogP contribution in [0.2, 0.25) is 0 Å². The van der Waals surface area contributed by atoms with E-state index in [1.54, 1.807) is 0 Å². The van der Waals surface area contributed by atoms with Gasteiger partial charge in [0.05, 0.1) is 12.6 Å². The number of carbonyl (C=O) groups excluding carboxylic acids is 1. The molecule has 1 heterocycles. The second-order valence-corrected chi connectivity index (χ2v) is 6.04. The minimum Gasteiger partial charge on any atom is -0.394 e. The van der Waals surface area contributed by atoms with E-state index in [2.05, 4.69) is 5.32 Å². The number of hydrogen-bond donors (Lipinski definition) is 4. The normalized spacial score (nSPS) is 32.7. The summed E-state index contributed by atoms with van der Waals surface area (Å²) in [5.74, 6) is -0.323. The maximum absolute atomic E-state index is 11.3. The number of rotatable bonds is 4. The highest BCUT2D eigenvalue weighted by Gasteiger charge is 2.44. The Hall–Kier alpha value is -1.12. The van der Waals surface area contributed by atoms with Gasteiger partial charge in [0.15, 0.2) is 0 Å². The van der Waals surface area contributed by atoms with Crippen LogP contribution in [-0.4, -0.2) is 57.6 Å². The van der Waals surface area contributed by atoms with Crippen molar-refractivity contribution in [2.75, 3.05) is 6.61 Å². The average Bonchev–Trinajstić information content (AvgIpc) is 2.47. The van der Waals surface area contributed by atoms with Crippen molar-refractivity contribution in [3.8, 4) is 0 Å². The molecule has 1 aliphatic rings. The number of aliphatic hydroxyl groups excluding tert-OH is 3. The molecular weight excluding hydrogens is 294 g/mol. The Morgan fingerprint density at radius 3 is 2.52 bits per heavy atom. The fourth-order valence-electron chi connectivity index (χ4n) is 2.20. The van der Waals surface area contributed by atoms with Crippen molar-refractivity contribution in [3.63, 3.8) is 0 Å². The summed E-state index contributed by atoms with van der Waals surface area (Å²) in [4.78, 5) is 12.2. The van der Waals surface area contributed by atoms with Crippen LogP contribution in [0.15, 0.2) is 35.2 Å². The topological polar surface area (TPSA) is 99.0 Å². The minimum absolute atomic E-state index is 0.323. The van der Waals surface area contributed by atoms with Crippen LogP contribution in [0.1, 0.15) is 6.92 Å². The molecule has 1 aliphatic heterocycles. The molecule has 0 aliphatic carbocycles. The molecule has 0 unspecified atom stereocenters. The van der Waals surface area contributed by atoms with E-state index in [0.717, 1.165) is 4.90 Å². The van der Waals surface area contributed by atoms with Crippen LogP contribution < -0.4 is 5.32 Å². The fraction of sp³-hybridized carbons (Fsp3) is 0.500. The zero-order valence-electron chi connectivity index (χ0n) is 11.5. The molecule has 1 amide bonds. The Morgan fingerprint density at radius 1 is 1.29 bits per heavy atom. The third-order valence-corrected chi connectivity index (χ3v) is 4.43. The van der Waals surface area contributed by atoms with Crippen LogP contribution >= 0.6 is 11.8 Å². The smallest absolute Gasteiger partial charge is 0.217 e. The highest BCUT2D eigenvalue weighted by atomic mass is 32.2. The predicted octanol–water partition coefficient (Wildman–Crippen LogP) is -0.278. The molecule has 0 saturated carbocycles. The second-order valence-electron chi connectivity index (χ2n) is 4.86. The molecule has 0 spiro atoms. The number of hydrogen-bond acceptors (Lipinski definition) is 6. The zero-order valence-corrected chi connectivity index (χ0v) is 12.4. The van der Waals surface area contributed by atoms with E-state index in [0.29, 0.717) is 0 Å². The van der Waals surface area contributed by atoms with Crippen molar-refractivity contribution >= 4 is 17.7 Å². The van der Waals surface area contributed by atoms with Gasteiger partial charge in [-0.15, -0.1) is 0 Å². The summed E-state index contributed by atoms with van der Waals surface area (Å²) in [5.41, 5.74) is -0.605. The van der Waals surface area contributed by atoms with Crippen molar-refractivity contribution in [1.29, 1.82) is 0 Å². The van der Waals surface area contributed by atoms with Crippen molar-refractivity contribution < 1.29 is 24.9 Å². The van der Waals surface area contributed by atoms with Crippen LogP contribution in [0.5, 0.6) is 0 Å². The first-order chi connectivity index (χ1) is 10.0. The Labute approximate surface area is 127 Å². The second kappa shape index (κ2) is 7.24. The average molecular weight is 313 g/mol. The molecule has 116 valence electrons. The van der Waals surface area contributed by atoms with Gasteiger partial charge in [-0.2, -0.15) is 0 Å². The van der Waals surface area contributed by atoms with Gasteiger partial charge >= 0.3 is 0 Å². The van der Waals surface area contributed by atoms with Gasteiger partial charge in [0.2, 0.25) is 5.91 Å². The summed E-state index contributed by atoms with van der Waals surface area (Å²) in [6.45, 7) is 0.929. The number of amides is 1. The molecule has 2 rings (SSSR count). The molecular formula is C14H19NO5S. The molecule has 5 atom stereocenters. The summed E-state index contributed by atoms with van der Waals surface area (Å²) in [7, 11) is 0. The lowest BCUT2D eigenvalue weighted by Gasteiger charge is -2.42. The Balaban J connectivity index is 2.18. The summed E-state index contributed by atoms with van der Waals surface area (Å²) < 4.78 is 5.62. The van der Waals surface area contributed by atoms with Gasteiger partial charge in [-0.1, -0.05) is 30.0 Å². The third-order valence-electron chi connectivity index (χ3n) is 3.25. The van der Waals surface area contributed by atoms with E-state index in [9.17, 15) is 20.1 Å². The number of thioether (sulfide) groups is 1. The highest BCUT2D eigenvalue weighted by molar-refractivity contribution is 7.99. The molecule has 21 heavy (non-hydrogen) atoms. The molecule has 6 nitrogen and oxygen atoms in total. The number of carbonyl (C=O) groups is 1. The minimum atomic E-state index is -1.25. The summed E-state index contributed by atoms with van der Waals surface area (Å²) in [5, 5.41) is 31.9. The van der Waals surface area contributed by atoms with E-state index >= 15 is 0 Å². The molecule has 1 aromatic rings. The first-order valence-corrected chi connectivity index (χ1v) is 7.52. The van der Waals surface area contributed by atoms with Crippen molar-refractivity contribution in [3.05, 3.63) is 30.3 Å². The maximum Gasteiger partial charge on any atom is 0.217 e. The van der Waals surface area contributed by atoms with Gasteiger partial charge in [0.1, 0.15) is 23.7 Å². The molecule has 1 fully saturated rings. The molecule has 0 aromatic heterocycles. The molecule has 4 N–H and O–H groups in total. The number of ether oxygens (including phenoxy) is 1. The van der Waals surface area contributed by atoms with Crippen molar-refractivity contribution in [2.45, 2.75) is 41.6 Å². The zero-order chi connectivity index (χ0) is 15.4. The van der Waals surface area contributed by atoms with Gasteiger partial charge in [-0.05, 0) is 12.1 Å². The van der Waals surface area contributed by atoms with Crippen molar-refractivity contribution in [2.24, 2.45) is 0 Å². The lowest BCUT2D eigenvalue weighted by atomic mass is 9.98. The standard InChI is InChI=1S/C14H19NO5S/c1-8(17)15-11-13(19)12(18)10(7-16)20-14(11)21-9-5-3-2-4-6-9/h2-6,10-14,16,18-19H,7H2,1H3,(H,15,17)/t10-,11+,12-,13+,14+/m1/s1. The quantitative estimate of drug-likeness (QED) is 0.610. The van der Waals surface area contributed by atoms with E-state index in [1.165, 1.54) is 18.7 Å². The fourth-order valence-corrected chi connectivity index (χ4v) is 3.36. The molecule has 7 heteroatoms. The molecule has 1 aromatic carbocycles. The third kappa shape index (κ3) is 3.96. The lowest BCUT2D eigenvalue weighted by Crippen LogP contribution is -2.63. The van der Waals surface area contributed by atoms with E-state index in [-0.39, 0.29) is 5.91 Å². The maximum atomic E-state index is 11.3. The van der Waals surface area contributed by atoms with Crippen LogP contribution in [0.25, 0.3) is 0 Å². The number of aliphatic hydroxyl groups is 3. The van der Waals surface area contributed by atoms with Crippen LogP contribution in [0.4, 0.5) is 0 Å². The van der Waals surface area contributed by atoms with Crippen molar-refractivity contribution in [1.82, 2.24) is 5.32 Å². The van der Waals surface area contributed by atoms with Crippen LogP contribution in [0.3, 0.4) is 0 Å². The molecule has 0 radical (unpaired) electrons. The molecule has 1 saturated heterocycles. The highest BCUT2D eigenvalue weighted by Crippen LogP contribution is 2.33. The Bertz CT molecular complexity index is 472. The van der Waals surface area contributed by atoms with Gasteiger partial charge < -0.3 is 25.4 Å². The molecule has 0 bridgehead atoms. The van der Waals surface area contributed by atoms with Gasteiger partial charge in [0, 0.05) is 11.8 Å². The Morgan fingerprint density at radius 2 is 1.95 bits per heavy atom. The van der Waals surface area contributed by atoms with E-state index < -0.39 is 36.4 Å². The van der Waals surface area contributed by atoms with Crippen LogP contribution in [0, 0.1) is 0 Å². The van der Waals surface area contributed by atoms with Crippen LogP contribution in [-0.2, 0) is 9.53 Å². The van der Waals surface area contributed by atoms with Gasteiger partial charge in [0.25, 0.3) is 0 Å². The first-order valence-electron chi connectivity index (χ1n) is 6.64. The SMILES string of the molecule is CC(=O)N[C@H]1[C@H](O)[C@H](O)[C@@H](CO)O[C@H]1Sc1ccccc1. The van der Waals surface area contributed by atoms with Gasteiger partial charge in [-0.25, -0.2) is 0 Å². The first kappa shape index (κ1) is 16.3. The van der Waals surface area contributed by atoms with Gasteiger partial charge in [-0.3, -0.25) is 4.79 Å². The summed E-state index contributed by atoms with van der Waals surface area (Å²) in [6.07, 6.45) is -3.34. The Kier molecular flexibility index (Phi) is 5.60. The monoisotopic (exact) mass is 313 g/mol. The number of benzene rings is 1.